The van der Waals surface area contributed by atoms with Gasteiger partial charge in [0.15, 0.2) is 5.96 Å². The van der Waals surface area contributed by atoms with Crippen LogP contribution in [0.25, 0.3) is 0 Å². The molecule has 0 unspecified atom stereocenters. The Morgan fingerprint density at radius 2 is 1.89 bits per heavy atom. The number of rotatable bonds is 7. The molecule has 2 aliphatic rings. The Bertz CT molecular complexity index is 544. The summed E-state index contributed by atoms with van der Waals surface area (Å²) in [4.78, 5) is 18.1. The van der Waals surface area contributed by atoms with Gasteiger partial charge in [-0.25, -0.2) is 9.97 Å². The first-order valence-electron chi connectivity index (χ1n) is 10.0. The number of aromatic nitrogens is 2. The van der Waals surface area contributed by atoms with Crippen molar-refractivity contribution >= 4 is 35.9 Å². The average molecular weight is 488 g/mol. The molecular weight excluding hydrogens is 455 g/mol. The van der Waals surface area contributed by atoms with Crippen molar-refractivity contribution in [1.82, 2.24) is 20.2 Å². The van der Waals surface area contributed by atoms with E-state index in [9.17, 15) is 0 Å². The van der Waals surface area contributed by atoms with Gasteiger partial charge in [0.2, 0.25) is 5.95 Å². The number of nitrogens with one attached hydrogen (secondary N) is 1. The fourth-order valence-corrected chi connectivity index (χ4v) is 3.55. The van der Waals surface area contributed by atoms with E-state index < -0.39 is 0 Å². The van der Waals surface area contributed by atoms with Gasteiger partial charge in [-0.05, 0) is 32.3 Å². The first kappa shape index (κ1) is 22.1. The minimum Gasteiger partial charge on any atom is -0.378 e. The van der Waals surface area contributed by atoms with Crippen LogP contribution in [0.15, 0.2) is 23.5 Å². The molecule has 3 rings (SSSR count). The number of halogens is 1. The Balaban J connectivity index is 0.00000261. The van der Waals surface area contributed by atoms with Gasteiger partial charge < -0.3 is 19.9 Å². The smallest absolute Gasteiger partial charge is 0.225 e. The summed E-state index contributed by atoms with van der Waals surface area (Å²) in [5.74, 6) is 1.83. The van der Waals surface area contributed by atoms with Crippen molar-refractivity contribution in [3.05, 3.63) is 18.5 Å². The number of anilines is 1. The van der Waals surface area contributed by atoms with Crippen molar-refractivity contribution < 1.29 is 4.74 Å². The van der Waals surface area contributed by atoms with Gasteiger partial charge in [-0.3, -0.25) is 4.99 Å². The molecule has 1 aromatic heterocycles. The standard InChI is InChI=1S/C19H32N6O.HI/c1-2-20-18(23-11-6-16-26-17-7-3-4-8-17)24-12-14-25(15-13-24)19-21-9-5-10-22-19;/h5,9-10,17H,2-4,6-8,11-16H2,1H3,(H,20,23);1H. The lowest BCUT2D eigenvalue weighted by Gasteiger charge is -2.36. The Hall–Kier alpha value is -1.16. The van der Waals surface area contributed by atoms with Crippen LogP contribution >= 0.6 is 24.0 Å². The largest absolute Gasteiger partial charge is 0.378 e. The second kappa shape index (κ2) is 12.3. The fourth-order valence-electron chi connectivity index (χ4n) is 3.55. The van der Waals surface area contributed by atoms with E-state index in [1.807, 2.05) is 6.07 Å². The summed E-state index contributed by atoms with van der Waals surface area (Å²) in [6.45, 7) is 8.35. The lowest BCUT2D eigenvalue weighted by atomic mass is 10.3. The lowest BCUT2D eigenvalue weighted by Crippen LogP contribution is -2.53. The molecule has 27 heavy (non-hydrogen) atoms. The zero-order chi connectivity index (χ0) is 18.0. The molecule has 0 aromatic carbocycles. The molecule has 1 N–H and O–H groups in total. The normalized spacial score (nSPS) is 18.5. The van der Waals surface area contributed by atoms with Crippen LogP contribution in [-0.4, -0.2) is 72.8 Å². The minimum atomic E-state index is 0. The van der Waals surface area contributed by atoms with Crippen LogP contribution in [0.2, 0.25) is 0 Å². The van der Waals surface area contributed by atoms with Gasteiger partial charge in [0, 0.05) is 58.3 Å². The first-order chi connectivity index (χ1) is 12.9. The SMILES string of the molecule is CCNC(=NCCCOC1CCCC1)N1CCN(c2ncccn2)CC1.I. The van der Waals surface area contributed by atoms with Gasteiger partial charge in [-0.1, -0.05) is 12.8 Å². The fraction of sp³-hybridized carbons (Fsp3) is 0.737. The van der Waals surface area contributed by atoms with E-state index in [1.54, 1.807) is 12.4 Å². The van der Waals surface area contributed by atoms with Crippen molar-refractivity contribution in [2.75, 3.05) is 50.8 Å². The number of hydrogen-bond donors (Lipinski definition) is 1. The van der Waals surface area contributed by atoms with E-state index in [1.165, 1.54) is 25.7 Å². The van der Waals surface area contributed by atoms with E-state index in [2.05, 4.69) is 32.0 Å². The number of nitrogens with zero attached hydrogens (tertiary/aromatic N) is 5. The summed E-state index contributed by atoms with van der Waals surface area (Å²) in [6, 6.07) is 1.85. The Kier molecular flexibility index (Phi) is 10.1. The highest BCUT2D eigenvalue weighted by atomic mass is 127. The summed E-state index contributed by atoms with van der Waals surface area (Å²) in [5.41, 5.74) is 0. The third-order valence-corrected chi connectivity index (χ3v) is 4.97. The quantitative estimate of drug-likeness (QED) is 0.276. The summed E-state index contributed by atoms with van der Waals surface area (Å²) in [5, 5.41) is 3.42. The van der Waals surface area contributed by atoms with E-state index >= 15 is 0 Å². The summed E-state index contributed by atoms with van der Waals surface area (Å²) in [7, 11) is 0. The topological polar surface area (TPSA) is 65.9 Å². The second-order valence-electron chi connectivity index (χ2n) is 6.89. The summed E-state index contributed by atoms with van der Waals surface area (Å²) < 4.78 is 5.93. The number of piperazine rings is 1. The third kappa shape index (κ3) is 7.06. The predicted molar refractivity (Wildman–Crippen MR) is 120 cm³/mol. The number of guanidine groups is 1. The van der Waals surface area contributed by atoms with Gasteiger partial charge in [0.25, 0.3) is 0 Å². The Morgan fingerprint density at radius 1 is 1.19 bits per heavy atom. The van der Waals surface area contributed by atoms with Crippen LogP contribution in [0.5, 0.6) is 0 Å². The van der Waals surface area contributed by atoms with E-state index in [0.717, 1.165) is 64.2 Å². The molecule has 1 aliphatic heterocycles. The number of hydrogen-bond acceptors (Lipinski definition) is 5. The zero-order valence-electron chi connectivity index (χ0n) is 16.3. The molecule has 0 spiro atoms. The van der Waals surface area contributed by atoms with Gasteiger partial charge in [-0.2, -0.15) is 0 Å². The highest BCUT2D eigenvalue weighted by Crippen LogP contribution is 2.20. The molecule has 2 fully saturated rings. The molecule has 2 heterocycles. The van der Waals surface area contributed by atoms with Crippen molar-refractivity contribution in [3.8, 4) is 0 Å². The summed E-state index contributed by atoms with van der Waals surface area (Å²) in [6.07, 6.45) is 10.2. The highest BCUT2D eigenvalue weighted by molar-refractivity contribution is 14.0. The Morgan fingerprint density at radius 3 is 2.56 bits per heavy atom. The molecule has 8 heteroatoms. The molecule has 1 aliphatic carbocycles. The summed E-state index contributed by atoms with van der Waals surface area (Å²) >= 11 is 0. The van der Waals surface area contributed by atoms with Crippen molar-refractivity contribution in [2.45, 2.75) is 45.1 Å². The van der Waals surface area contributed by atoms with Gasteiger partial charge in [0.05, 0.1) is 6.10 Å². The molecule has 1 saturated carbocycles. The maximum absolute atomic E-state index is 5.93. The highest BCUT2D eigenvalue weighted by Gasteiger charge is 2.21. The predicted octanol–water partition coefficient (Wildman–Crippen LogP) is 2.53. The molecule has 1 aromatic rings. The molecular formula is C19H33IN6O. The molecule has 0 radical (unpaired) electrons. The third-order valence-electron chi connectivity index (χ3n) is 4.97. The number of ether oxygens (including phenoxy) is 1. The molecule has 7 nitrogen and oxygen atoms in total. The second-order valence-corrected chi connectivity index (χ2v) is 6.89. The van der Waals surface area contributed by atoms with Crippen LogP contribution in [0.3, 0.4) is 0 Å². The maximum Gasteiger partial charge on any atom is 0.225 e. The number of aliphatic imine (C=N–C) groups is 1. The van der Waals surface area contributed by atoms with Crippen LogP contribution in [0, 0.1) is 0 Å². The monoisotopic (exact) mass is 488 g/mol. The van der Waals surface area contributed by atoms with Crippen molar-refractivity contribution in [2.24, 2.45) is 4.99 Å². The van der Waals surface area contributed by atoms with Crippen LogP contribution < -0.4 is 10.2 Å². The van der Waals surface area contributed by atoms with Crippen molar-refractivity contribution in [1.29, 1.82) is 0 Å². The molecule has 152 valence electrons. The van der Waals surface area contributed by atoms with Crippen LogP contribution in [0.1, 0.15) is 39.0 Å². The van der Waals surface area contributed by atoms with Crippen LogP contribution in [-0.2, 0) is 4.74 Å². The van der Waals surface area contributed by atoms with E-state index in [-0.39, 0.29) is 24.0 Å². The molecule has 0 amide bonds. The first-order valence-corrected chi connectivity index (χ1v) is 10.0. The van der Waals surface area contributed by atoms with Crippen molar-refractivity contribution in [3.63, 3.8) is 0 Å². The molecule has 0 bridgehead atoms. The lowest BCUT2D eigenvalue weighted by molar-refractivity contribution is 0.0579. The van der Waals surface area contributed by atoms with Gasteiger partial charge >= 0.3 is 0 Å². The molecule has 1 saturated heterocycles. The van der Waals surface area contributed by atoms with Gasteiger partial charge in [0.1, 0.15) is 0 Å². The van der Waals surface area contributed by atoms with Crippen LogP contribution in [0.4, 0.5) is 5.95 Å². The minimum absolute atomic E-state index is 0. The molecule has 0 atom stereocenters. The Labute approximate surface area is 180 Å². The average Bonchev–Trinajstić information content (AvgIpc) is 3.21. The van der Waals surface area contributed by atoms with E-state index in [4.69, 9.17) is 9.73 Å². The maximum atomic E-state index is 5.93. The van der Waals surface area contributed by atoms with E-state index in [0.29, 0.717) is 6.10 Å². The van der Waals surface area contributed by atoms with Gasteiger partial charge in [-0.15, -0.1) is 24.0 Å². The zero-order valence-corrected chi connectivity index (χ0v) is 18.7.